The minimum atomic E-state index is -0.508. The zero-order chi connectivity index (χ0) is 23.2. The molecule has 0 saturated heterocycles. The van der Waals surface area contributed by atoms with Gasteiger partial charge < -0.3 is 25.1 Å². The van der Waals surface area contributed by atoms with Gasteiger partial charge >= 0.3 is 0 Å². The summed E-state index contributed by atoms with van der Waals surface area (Å²) in [5, 5.41) is 10.8. The fraction of sp³-hybridized carbons (Fsp3) is 0.208. The van der Waals surface area contributed by atoms with Crippen molar-refractivity contribution in [3.8, 4) is 23.0 Å². The zero-order valence-corrected chi connectivity index (χ0v) is 18.3. The molecule has 10 heteroatoms. The van der Waals surface area contributed by atoms with E-state index in [4.69, 9.17) is 9.47 Å². The number of methoxy groups -OCH3 is 1. The number of carbonyl (C=O) groups excluding carboxylic acids is 1. The van der Waals surface area contributed by atoms with E-state index in [1.54, 1.807) is 28.9 Å². The van der Waals surface area contributed by atoms with Crippen LogP contribution in [0.15, 0.2) is 48.7 Å². The van der Waals surface area contributed by atoms with E-state index in [0.717, 1.165) is 5.69 Å². The number of ether oxygens (including phenoxy) is 2. The molecule has 0 unspecified atom stereocenters. The number of carbonyl (C=O) groups is 1. The van der Waals surface area contributed by atoms with Gasteiger partial charge in [0.1, 0.15) is 12.3 Å². The molecule has 4 bridgehead atoms. The molecule has 0 spiro atoms. The lowest BCUT2D eigenvalue weighted by molar-refractivity contribution is 0.0941. The monoisotopic (exact) mass is 460 g/mol. The summed E-state index contributed by atoms with van der Waals surface area (Å²) >= 11 is 0. The van der Waals surface area contributed by atoms with E-state index >= 15 is 0 Å². The third-order valence-corrected chi connectivity index (χ3v) is 6.11. The second-order valence-electron chi connectivity index (χ2n) is 8.12. The molecule has 6 rings (SSSR count). The average Bonchev–Trinajstić information content (AvgIpc) is 3.42. The van der Waals surface area contributed by atoms with Crippen LogP contribution in [0.3, 0.4) is 0 Å². The lowest BCUT2D eigenvalue weighted by atomic mass is 9.93. The van der Waals surface area contributed by atoms with Gasteiger partial charge in [0.2, 0.25) is 5.88 Å². The molecule has 3 aromatic heterocycles. The van der Waals surface area contributed by atoms with Crippen molar-refractivity contribution in [2.75, 3.05) is 25.6 Å². The molecule has 34 heavy (non-hydrogen) atoms. The van der Waals surface area contributed by atoms with Gasteiger partial charge in [-0.05, 0) is 24.6 Å². The van der Waals surface area contributed by atoms with Crippen molar-refractivity contribution in [3.63, 3.8) is 0 Å². The van der Waals surface area contributed by atoms with Crippen molar-refractivity contribution in [1.82, 2.24) is 24.9 Å². The molecule has 5 heterocycles. The van der Waals surface area contributed by atoms with Crippen LogP contribution in [0.25, 0.3) is 17.0 Å². The van der Waals surface area contributed by atoms with Crippen LogP contribution in [0.1, 0.15) is 28.4 Å². The van der Waals surface area contributed by atoms with Crippen molar-refractivity contribution in [2.24, 2.45) is 0 Å². The first-order valence-corrected chi connectivity index (χ1v) is 10.9. The summed E-state index contributed by atoms with van der Waals surface area (Å²) in [4.78, 5) is 21.0. The van der Waals surface area contributed by atoms with Crippen molar-refractivity contribution < 1.29 is 18.7 Å². The Hall–Kier alpha value is -4.34. The molecule has 2 aliphatic heterocycles. The van der Waals surface area contributed by atoms with Gasteiger partial charge in [-0.25, -0.2) is 13.9 Å². The molecule has 4 aromatic rings. The lowest BCUT2D eigenvalue weighted by Crippen LogP contribution is -2.34. The number of fused-ring (bicyclic) bond motifs is 3. The molecule has 3 N–H and O–H groups in total. The highest BCUT2D eigenvalue weighted by Gasteiger charge is 2.33. The summed E-state index contributed by atoms with van der Waals surface area (Å²) in [5.74, 6) is -0.196. The molecule has 1 atom stereocenters. The summed E-state index contributed by atoms with van der Waals surface area (Å²) in [6.45, 7) is 0.878. The van der Waals surface area contributed by atoms with Crippen molar-refractivity contribution in [3.05, 3.63) is 65.8 Å². The maximum Gasteiger partial charge on any atom is 0.255 e. The number of benzene rings is 1. The van der Waals surface area contributed by atoms with Gasteiger partial charge in [-0.15, -0.1) is 5.10 Å². The van der Waals surface area contributed by atoms with Crippen molar-refractivity contribution in [2.45, 2.75) is 12.3 Å². The van der Waals surface area contributed by atoms with E-state index in [1.807, 2.05) is 18.2 Å². The Bertz CT molecular complexity index is 1460. The largest absolute Gasteiger partial charge is 0.492 e. The van der Waals surface area contributed by atoms with Gasteiger partial charge in [0.15, 0.2) is 17.2 Å². The Morgan fingerprint density at radius 3 is 3.06 bits per heavy atom. The lowest BCUT2D eigenvalue weighted by Gasteiger charge is -2.23. The van der Waals surface area contributed by atoms with Crippen LogP contribution < -0.4 is 20.1 Å². The number of allylic oxidation sites excluding steroid dienone is 1. The number of aromatic amines is 1. The first kappa shape index (κ1) is 20.3. The number of anilines is 2. The van der Waals surface area contributed by atoms with Gasteiger partial charge in [-0.2, -0.15) is 0 Å². The highest BCUT2D eigenvalue weighted by molar-refractivity contribution is 6.06. The smallest absolute Gasteiger partial charge is 0.255 e. The van der Waals surface area contributed by atoms with E-state index in [1.165, 1.54) is 13.2 Å². The summed E-state index contributed by atoms with van der Waals surface area (Å²) in [6, 6.07) is 8.18. The van der Waals surface area contributed by atoms with E-state index in [9.17, 15) is 9.18 Å². The maximum absolute atomic E-state index is 14.4. The van der Waals surface area contributed by atoms with Crippen LogP contribution >= 0.6 is 0 Å². The molecule has 9 nitrogen and oxygen atoms in total. The number of nitrogens with zero attached hydrogens (tertiary/aromatic N) is 3. The van der Waals surface area contributed by atoms with E-state index in [2.05, 4.69) is 25.7 Å². The van der Waals surface area contributed by atoms with Gasteiger partial charge in [-0.3, -0.25) is 4.79 Å². The fourth-order valence-electron chi connectivity index (χ4n) is 4.50. The Kier molecular flexibility index (Phi) is 4.72. The molecule has 172 valence electrons. The number of hydrogen-bond donors (Lipinski definition) is 3. The minimum Gasteiger partial charge on any atom is -0.492 e. The maximum atomic E-state index is 14.4. The molecular formula is C24H21FN6O3. The molecule has 2 aliphatic rings. The van der Waals surface area contributed by atoms with E-state index in [0.29, 0.717) is 59.4 Å². The van der Waals surface area contributed by atoms with Crippen LogP contribution in [0.4, 0.5) is 15.8 Å². The highest BCUT2D eigenvalue weighted by atomic mass is 19.1. The van der Waals surface area contributed by atoms with Crippen molar-refractivity contribution >= 4 is 22.9 Å². The normalized spacial score (nSPS) is 17.8. The number of para-hydroxylation sites is 1. The van der Waals surface area contributed by atoms with E-state index < -0.39 is 5.82 Å². The third-order valence-electron chi connectivity index (χ3n) is 6.11. The molecule has 1 aromatic carbocycles. The Morgan fingerprint density at radius 2 is 2.18 bits per heavy atom. The molecule has 0 aliphatic carbocycles. The van der Waals surface area contributed by atoms with Gasteiger partial charge in [0, 0.05) is 24.2 Å². The SMILES string of the molecule is COc1c(F)cccc1Nc1c2[nH]c3c1C(=O)NC[C@H]3C/C=C\COc1ccc3ncc-2n3n1. The summed E-state index contributed by atoms with van der Waals surface area (Å²) < 4.78 is 27.2. The number of halogens is 1. The van der Waals surface area contributed by atoms with Crippen LogP contribution in [0, 0.1) is 5.82 Å². The molecule has 0 saturated carbocycles. The zero-order valence-electron chi connectivity index (χ0n) is 18.3. The predicted octanol–water partition coefficient (Wildman–Crippen LogP) is 3.78. The molecule has 1 amide bonds. The number of rotatable bonds is 3. The topological polar surface area (TPSA) is 106 Å². The van der Waals surface area contributed by atoms with Gasteiger partial charge in [-0.1, -0.05) is 18.2 Å². The molecular weight excluding hydrogens is 439 g/mol. The van der Waals surface area contributed by atoms with E-state index in [-0.39, 0.29) is 17.6 Å². The predicted molar refractivity (Wildman–Crippen MR) is 123 cm³/mol. The Balaban J connectivity index is 1.62. The van der Waals surface area contributed by atoms with Gasteiger partial charge in [0.25, 0.3) is 5.91 Å². The first-order valence-electron chi connectivity index (χ1n) is 10.9. The quantitative estimate of drug-likeness (QED) is 0.402. The highest BCUT2D eigenvalue weighted by Crippen LogP contribution is 2.42. The minimum absolute atomic E-state index is 0.0212. The van der Waals surface area contributed by atoms with Crippen LogP contribution in [0.5, 0.6) is 11.6 Å². The van der Waals surface area contributed by atoms with Gasteiger partial charge in [0.05, 0.1) is 35.9 Å². The summed E-state index contributed by atoms with van der Waals surface area (Å²) in [6.07, 6.45) is 6.36. The second-order valence-corrected chi connectivity index (χ2v) is 8.12. The number of imidazole rings is 1. The van der Waals surface area contributed by atoms with Crippen LogP contribution in [-0.2, 0) is 0 Å². The number of amides is 1. The number of hydrogen-bond acceptors (Lipinski definition) is 6. The fourth-order valence-corrected chi connectivity index (χ4v) is 4.50. The number of aromatic nitrogens is 4. The summed E-state index contributed by atoms with van der Waals surface area (Å²) in [7, 11) is 1.40. The average molecular weight is 460 g/mol. The van der Waals surface area contributed by atoms with Crippen molar-refractivity contribution in [1.29, 1.82) is 0 Å². The molecule has 0 fully saturated rings. The Labute approximate surface area is 193 Å². The van der Waals surface area contributed by atoms with Crippen LogP contribution in [0.2, 0.25) is 0 Å². The first-order chi connectivity index (χ1) is 16.6. The standard InChI is InChI=1S/C24H21FN6O3/c1-33-23-14(25)6-4-7-15(23)28-22-19-20-13(11-27-24(19)32)5-2-3-10-34-18-9-8-17-26-12-16(21(22)29-20)31(17)30-18/h2-4,6-9,12-13,28-29H,5,10-11H2,1H3,(H,27,32)/b3-2-/t13-/m1/s1. The molecule has 0 radical (unpaired) electrons. The number of H-pyrrole nitrogens is 1. The van der Waals surface area contributed by atoms with Crippen LogP contribution in [-0.4, -0.2) is 45.8 Å². The number of nitrogens with one attached hydrogen (secondary N) is 3. The Morgan fingerprint density at radius 1 is 1.26 bits per heavy atom. The third kappa shape index (κ3) is 3.18. The second kappa shape index (κ2) is 7.91. The summed E-state index contributed by atoms with van der Waals surface area (Å²) in [5.41, 5.74) is 4.03.